The SMILES string of the molecule is Cc1ccc(CN(C)C(=O)CN2C(=O)NC3(CCCCCC3)C2=O)cc1. The molecule has 6 nitrogen and oxygen atoms in total. The molecule has 2 aliphatic rings. The minimum atomic E-state index is -0.788. The first-order valence-electron chi connectivity index (χ1n) is 9.35. The molecule has 0 atom stereocenters. The highest BCUT2D eigenvalue weighted by molar-refractivity contribution is 6.09. The summed E-state index contributed by atoms with van der Waals surface area (Å²) in [6, 6.07) is 7.52. The van der Waals surface area contributed by atoms with Crippen LogP contribution in [-0.4, -0.2) is 46.8 Å². The van der Waals surface area contributed by atoms with Crippen molar-refractivity contribution in [2.75, 3.05) is 13.6 Å². The average molecular weight is 357 g/mol. The van der Waals surface area contributed by atoms with Crippen molar-refractivity contribution in [1.82, 2.24) is 15.1 Å². The fourth-order valence-electron chi connectivity index (χ4n) is 3.80. The number of benzene rings is 1. The molecule has 0 unspecified atom stereocenters. The van der Waals surface area contributed by atoms with Crippen LogP contribution < -0.4 is 5.32 Å². The molecule has 1 saturated heterocycles. The van der Waals surface area contributed by atoms with E-state index in [0.29, 0.717) is 19.4 Å². The molecule has 1 aliphatic carbocycles. The third-order valence-electron chi connectivity index (χ3n) is 5.46. The van der Waals surface area contributed by atoms with Gasteiger partial charge < -0.3 is 10.2 Å². The molecule has 1 aromatic rings. The molecule has 0 radical (unpaired) electrons. The number of carbonyl (C=O) groups is 3. The average Bonchev–Trinajstić information content (AvgIpc) is 2.78. The van der Waals surface area contributed by atoms with Gasteiger partial charge in [0.1, 0.15) is 12.1 Å². The summed E-state index contributed by atoms with van der Waals surface area (Å²) in [5.41, 5.74) is 1.39. The molecular weight excluding hydrogens is 330 g/mol. The highest BCUT2D eigenvalue weighted by atomic mass is 16.2. The molecule has 1 N–H and O–H groups in total. The summed E-state index contributed by atoms with van der Waals surface area (Å²) < 4.78 is 0. The second-order valence-electron chi connectivity index (χ2n) is 7.55. The highest BCUT2D eigenvalue weighted by Gasteiger charge is 2.51. The molecule has 0 aromatic heterocycles. The van der Waals surface area contributed by atoms with Crippen LogP contribution in [0.3, 0.4) is 0 Å². The van der Waals surface area contributed by atoms with E-state index in [0.717, 1.165) is 41.7 Å². The highest BCUT2D eigenvalue weighted by Crippen LogP contribution is 2.32. The van der Waals surface area contributed by atoms with Gasteiger partial charge in [0.15, 0.2) is 0 Å². The van der Waals surface area contributed by atoms with Gasteiger partial charge >= 0.3 is 6.03 Å². The summed E-state index contributed by atoms with van der Waals surface area (Å²) in [6.45, 7) is 2.27. The third kappa shape index (κ3) is 3.74. The number of carbonyl (C=O) groups excluding carboxylic acids is 3. The first-order valence-corrected chi connectivity index (χ1v) is 9.35. The van der Waals surface area contributed by atoms with E-state index in [1.807, 2.05) is 31.2 Å². The summed E-state index contributed by atoms with van der Waals surface area (Å²) in [4.78, 5) is 40.4. The van der Waals surface area contributed by atoms with Crippen molar-refractivity contribution in [3.05, 3.63) is 35.4 Å². The smallest absolute Gasteiger partial charge is 0.325 e. The molecule has 1 heterocycles. The van der Waals surface area contributed by atoms with E-state index in [4.69, 9.17) is 0 Å². The second kappa shape index (κ2) is 7.48. The van der Waals surface area contributed by atoms with Crippen LogP contribution in [0.1, 0.15) is 49.7 Å². The number of hydrogen-bond donors (Lipinski definition) is 1. The van der Waals surface area contributed by atoms with Gasteiger partial charge in [0.2, 0.25) is 5.91 Å². The molecule has 3 rings (SSSR count). The largest absolute Gasteiger partial charge is 0.340 e. The molecule has 1 aliphatic heterocycles. The van der Waals surface area contributed by atoms with Gasteiger partial charge in [0.25, 0.3) is 5.91 Å². The predicted octanol–water partition coefficient (Wildman–Crippen LogP) is 2.60. The van der Waals surface area contributed by atoms with E-state index in [-0.39, 0.29) is 18.4 Å². The van der Waals surface area contributed by atoms with Crippen molar-refractivity contribution in [2.24, 2.45) is 0 Å². The number of nitrogens with one attached hydrogen (secondary N) is 1. The Morgan fingerprint density at radius 3 is 2.35 bits per heavy atom. The lowest BCUT2D eigenvalue weighted by Gasteiger charge is -2.25. The van der Waals surface area contributed by atoms with E-state index >= 15 is 0 Å². The summed E-state index contributed by atoms with van der Waals surface area (Å²) >= 11 is 0. The molecule has 6 heteroatoms. The molecule has 26 heavy (non-hydrogen) atoms. The van der Waals surface area contributed by atoms with E-state index in [1.54, 1.807) is 11.9 Å². The minimum Gasteiger partial charge on any atom is -0.340 e. The fraction of sp³-hybridized carbons (Fsp3) is 0.550. The lowest BCUT2D eigenvalue weighted by atomic mass is 9.90. The Balaban J connectivity index is 1.63. The molecule has 2 fully saturated rings. The van der Waals surface area contributed by atoms with E-state index in [1.165, 1.54) is 0 Å². The maximum absolute atomic E-state index is 12.9. The molecule has 1 spiro atoms. The van der Waals surface area contributed by atoms with Crippen LogP contribution in [0.2, 0.25) is 0 Å². The van der Waals surface area contributed by atoms with Crippen LogP contribution in [0.4, 0.5) is 4.79 Å². The summed E-state index contributed by atoms with van der Waals surface area (Å²) in [6.07, 6.45) is 5.37. The maximum Gasteiger partial charge on any atom is 0.325 e. The Labute approximate surface area is 154 Å². The number of imide groups is 1. The van der Waals surface area contributed by atoms with Crippen LogP contribution >= 0.6 is 0 Å². The molecule has 1 aromatic carbocycles. The fourth-order valence-corrected chi connectivity index (χ4v) is 3.80. The Morgan fingerprint density at radius 2 is 1.73 bits per heavy atom. The minimum absolute atomic E-state index is 0.200. The zero-order valence-electron chi connectivity index (χ0n) is 15.6. The molecule has 4 amide bonds. The number of hydrogen-bond acceptors (Lipinski definition) is 3. The van der Waals surface area contributed by atoms with Gasteiger partial charge in [0.05, 0.1) is 0 Å². The number of likely N-dealkylation sites (N-methyl/N-ethyl adjacent to an activating group) is 1. The Morgan fingerprint density at radius 1 is 1.12 bits per heavy atom. The lowest BCUT2D eigenvalue weighted by Crippen LogP contribution is -2.47. The van der Waals surface area contributed by atoms with Crippen molar-refractivity contribution in [3.8, 4) is 0 Å². The van der Waals surface area contributed by atoms with Crippen molar-refractivity contribution < 1.29 is 14.4 Å². The number of aryl methyl sites for hydroxylation is 1. The van der Waals surface area contributed by atoms with Gasteiger partial charge in [-0.1, -0.05) is 55.5 Å². The van der Waals surface area contributed by atoms with Gasteiger partial charge in [-0.3, -0.25) is 14.5 Å². The van der Waals surface area contributed by atoms with Crippen LogP contribution in [-0.2, 0) is 16.1 Å². The van der Waals surface area contributed by atoms with Crippen LogP contribution in [0.5, 0.6) is 0 Å². The van der Waals surface area contributed by atoms with Gasteiger partial charge in [-0.05, 0) is 25.3 Å². The van der Waals surface area contributed by atoms with Gasteiger partial charge in [-0.25, -0.2) is 4.79 Å². The zero-order valence-corrected chi connectivity index (χ0v) is 15.6. The topological polar surface area (TPSA) is 69.7 Å². The second-order valence-corrected chi connectivity index (χ2v) is 7.55. The number of amides is 4. The molecular formula is C20H27N3O3. The van der Waals surface area contributed by atoms with E-state index in [9.17, 15) is 14.4 Å². The number of urea groups is 1. The van der Waals surface area contributed by atoms with Gasteiger partial charge in [-0.2, -0.15) is 0 Å². The van der Waals surface area contributed by atoms with Crippen molar-refractivity contribution in [2.45, 2.75) is 57.5 Å². The normalized spacial score (nSPS) is 19.4. The molecule has 1 saturated carbocycles. The summed E-state index contributed by atoms with van der Waals surface area (Å²) in [5, 5.41) is 2.88. The Hall–Kier alpha value is -2.37. The summed E-state index contributed by atoms with van der Waals surface area (Å²) in [7, 11) is 1.70. The number of nitrogens with zero attached hydrogens (tertiary/aromatic N) is 2. The molecule has 0 bridgehead atoms. The molecule has 140 valence electrons. The van der Waals surface area contributed by atoms with E-state index in [2.05, 4.69) is 5.32 Å². The zero-order chi connectivity index (χ0) is 18.7. The van der Waals surface area contributed by atoms with Crippen LogP contribution in [0, 0.1) is 6.92 Å². The van der Waals surface area contributed by atoms with Crippen LogP contribution in [0.15, 0.2) is 24.3 Å². The van der Waals surface area contributed by atoms with Crippen molar-refractivity contribution >= 4 is 17.8 Å². The van der Waals surface area contributed by atoms with Crippen molar-refractivity contribution in [3.63, 3.8) is 0 Å². The first-order chi connectivity index (χ1) is 12.4. The quantitative estimate of drug-likeness (QED) is 0.842. The van der Waals surface area contributed by atoms with E-state index < -0.39 is 11.6 Å². The maximum atomic E-state index is 12.9. The Bertz CT molecular complexity index is 691. The third-order valence-corrected chi connectivity index (χ3v) is 5.46. The van der Waals surface area contributed by atoms with Gasteiger partial charge in [-0.15, -0.1) is 0 Å². The summed E-state index contributed by atoms with van der Waals surface area (Å²) in [5.74, 6) is -0.471. The monoisotopic (exact) mass is 357 g/mol. The first kappa shape index (κ1) is 18.4. The Kier molecular flexibility index (Phi) is 5.30. The lowest BCUT2D eigenvalue weighted by molar-refractivity contribution is -0.138. The predicted molar refractivity (Wildman–Crippen MR) is 98.3 cm³/mol. The van der Waals surface area contributed by atoms with Gasteiger partial charge in [0, 0.05) is 13.6 Å². The standard InChI is InChI=1S/C20H27N3O3/c1-15-7-9-16(10-8-15)13-22(2)17(24)14-23-18(25)20(21-19(23)26)11-5-3-4-6-12-20/h7-10H,3-6,11-14H2,1-2H3,(H,21,26). The van der Waals surface area contributed by atoms with Crippen molar-refractivity contribution in [1.29, 1.82) is 0 Å². The van der Waals surface area contributed by atoms with Crippen LogP contribution in [0.25, 0.3) is 0 Å². The number of rotatable bonds is 4.